The maximum atomic E-state index is 13.0. The lowest BCUT2D eigenvalue weighted by molar-refractivity contribution is -0.137. The Morgan fingerprint density at radius 1 is 1.20 bits per heavy atom. The van der Waals surface area contributed by atoms with Gasteiger partial charge in [-0.15, -0.1) is 0 Å². The van der Waals surface area contributed by atoms with Crippen molar-refractivity contribution in [1.82, 2.24) is 15.3 Å². The third-order valence-corrected chi connectivity index (χ3v) is 5.83. The maximum Gasteiger partial charge on any atom is 0.416 e. The molecule has 2 aromatic rings. The van der Waals surface area contributed by atoms with Gasteiger partial charge in [-0.3, -0.25) is 9.78 Å². The van der Waals surface area contributed by atoms with Crippen molar-refractivity contribution in [2.24, 2.45) is 5.92 Å². The fourth-order valence-corrected chi connectivity index (χ4v) is 4.11. The molecule has 3 rings (SSSR count). The normalized spacial score (nSPS) is 20.4. The smallest absolute Gasteiger partial charge is 0.416 e. The zero-order valence-electron chi connectivity index (χ0n) is 17.1. The van der Waals surface area contributed by atoms with E-state index in [1.165, 1.54) is 25.6 Å². The lowest BCUT2D eigenvalue weighted by Gasteiger charge is -2.34. The molecule has 0 unspecified atom stereocenters. The van der Waals surface area contributed by atoms with Crippen molar-refractivity contribution in [2.45, 2.75) is 57.2 Å². The van der Waals surface area contributed by atoms with E-state index in [4.69, 9.17) is 4.74 Å². The predicted molar refractivity (Wildman–Crippen MR) is 106 cm³/mol. The Morgan fingerprint density at radius 3 is 2.50 bits per heavy atom. The fraction of sp³-hybridized carbons (Fsp3) is 0.500. The first-order chi connectivity index (χ1) is 14.3. The van der Waals surface area contributed by atoms with Crippen molar-refractivity contribution in [3.8, 4) is 5.88 Å². The van der Waals surface area contributed by atoms with Crippen LogP contribution in [0.15, 0.2) is 36.7 Å². The zero-order valence-corrected chi connectivity index (χ0v) is 17.1. The van der Waals surface area contributed by atoms with Gasteiger partial charge in [0.15, 0.2) is 0 Å². The molecule has 2 heterocycles. The lowest BCUT2D eigenvalue weighted by atomic mass is 9.76. The van der Waals surface area contributed by atoms with E-state index in [0.29, 0.717) is 17.1 Å². The minimum absolute atomic E-state index is 0.00928. The summed E-state index contributed by atoms with van der Waals surface area (Å²) in [5, 5.41) is 3.09. The summed E-state index contributed by atoms with van der Waals surface area (Å²) in [4.78, 5) is 20.8. The molecule has 1 atom stereocenters. The number of nitrogens with zero attached hydrogens (tertiary/aromatic N) is 2. The monoisotopic (exact) mass is 421 g/mol. The topological polar surface area (TPSA) is 64.1 Å². The van der Waals surface area contributed by atoms with Gasteiger partial charge in [-0.05, 0) is 56.2 Å². The predicted octanol–water partition coefficient (Wildman–Crippen LogP) is 4.99. The van der Waals surface area contributed by atoms with E-state index in [9.17, 15) is 18.0 Å². The van der Waals surface area contributed by atoms with Gasteiger partial charge in [-0.1, -0.05) is 6.92 Å². The van der Waals surface area contributed by atoms with E-state index < -0.39 is 11.7 Å². The average Bonchev–Trinajstić information content (AvgIpc) is 2.77. The highest BCUT2D eigenvalue weighted by Gasteiger charge is 2.33. The molecule has 1 aliphatic carbocycles. The van der Waals surface area contributed by atoms with Crippen LogP contribution in [0.4, 0.5) is 13.2 Å². The summed E-state index contributed by atoms with van der Waals surface area (Å²) in [6, 6.07) is 5.50. The molecule has 5 nitrogen and oxygen atoms in total. The van der Waals surface area contributed by atoms with Crippen molar-refractivity contribution in [1.29, 1.82) is 0 Å². The molecule has 162 valence electrons. The molecule has 30 heavy (non-hydrogen) atoms. The van der Waals surface area contributed by atoms with Crippen molar-refractivity contribution in [3.63, 3.8) is 0 Å². The number of rotatable bonds is 6. The minimum atomic E-state index is -4.36. The standard InChI is InChI=1S/C22H26F3N3O2/c1-3-18(28-21(29)16-8-9-20(30-2)27-13-16)14-4-6-15(7-5-14)19-12-17(10-11-26-19)22(23,24)25/h8-15,18H,3-7H2,1-2H3,(H,28,29)/t14-,15-,18-/m1/s1. The molecule has 0 aromatic carbocycles. The van der Waals surface area contributed by atoms with E-state index in [1.54, 1.807) is 12.1 Å². The van der Waals surface area contributed by atoms with Gasteiger partial charge in [0.05, 0.1) is 18.2 Å². The molecule has 1 N–H and O–H groups in total. The second-order valence-corrected chi connectivity index (χ2v) is 7.66. The highest BCUT2D eigenvalue weighted by Crippen LogP contribution is 2.38. The van der Waals surface area contributed by atoms with Crippen LogP contribution in [-0.4, -0.2) is 29.0 Å². The van der Waals surface area contributed by atoms with Crippen LogP contribution in [0.5, 0.6) is 5.88 Å². The lowest BCUT2D eigenvalue weighted by Crippen LogP contribution is -2.41. The first-order valence-corrected chi connectivity index (χ1v) is 10.2. The van der Waals surface area contributed by atoms with Crippen molar-refractivity contribution < 1.29 is 22.7 Å². The first-order valence-electron chi connectivity index (χ1n) is 10.2. The van der Waals surface area contributed by atoms with Gasteiger partial charge >= 0.3 is 6.18 Å². The summed E-state index contributed by atoms with van der Waals surface area (Å²) in [5.41, 5.74) is 0.321. The second-order valence-electron chi connectivity index (χ2n) is 7.66. The molecule has 1 fully saturated rings. The number of carbonyl (C=O) groups is 1. The van der Waals surface area contributed by atoms with E-state index in [0.717, 1.165) is 38.2 Å². The van der Waals surface area contributed by atoms with Crippen LogP contribution in [0.2, 0.25) is 0 Å². The molecule has 1 aliphatic rings. The van der Waals surface area contributed by atoms with Gasteiger partial charge in [0.1, 0.15) is 0 Å². The van der Waals surface area contributed by atoms with E-state index in [1.807, 2.05) is 6.92 Å². The number of alkyl halides is 3. The van der Waals surface area contributed by atoms with Crippen molar-refractivity contribution >= 4 is 5.91 Å². The number of hydrogen-bond acceptors (Lipinski definition) is 4. The van der Waals surface area contributed by atoms with E-state index >= 15 is 0 Å². The summed E-state index contributed by atoms with van der Waals surface area (Å²) < 4.78 is 43.9. The highest BCUT2D eigenvalue weighted by atomic mass is 19.4. The van der Waals surface area contributed by atoms with Gasteiger partial charge in [-0.2, -0.15) is 13.2 Å². The highest BCUT2D eigenvalue weighted by molar-refractivity contribution is 5.94. The van der Waals surface area contributed by atoms with Gasteiger partial charge in [0.2, 0.25) is 5.88 Å². The van der Waals surface area contributed by atoms with Crippen LogP contribution in [0.3, 0.4) is 0 Å². The van der Waals surface area contributed by atoms with E-state index in [-0.39, 0.29) is 23.8 Å². The number of halogens is 3. The number of hydrogen-bond donors (Lipinski definition) is 1. The fourth-order valence-electron chi connectivity index (χ4n) is 4.11. The number of aromatic nitrogens is 2. The molecule has 8 heteroatoms. The molecule has 2 aromatic heterocycles. The average molecular weight is 421 g/mol. The molecular weight excluding hydrogens is 395 g/mol. The number of carbonyl (C=O) groups excluding carboxylic acids is 1. The third-order valence-electron chi connectivity index (χ3n) is 5.83. The summed E-state index contributed by atoms with van der Waals surface area (Å²) in [6.07, 6.45) is 2.34. The molecule has 1 saturated carbocycles. The summed E-state index contributed by atoms with van der Waals surface area (Å²) in [6.45, 7) is 2.03. The van der Waals surface area contributed by atoms with Crippen LogP contribution >= 0.6 is 0 Å². The number of ether oxygens (including phenoxy) is 1. The minimum Gasteiger partial charge on any atom is -0.481 e. The number of amides is 1. The molecular formula is C22H26F3N3O2. The second kappa shape index (κ2) is 9.45. The number of pyridine rings is 2. The Balaban J connectivity index is 1.59. The SMILES string of the molecule is CC[C@@H](NC(=O)c1ccc(OC)nc1)[C@H]1CC[C@H](c2cc(C(F)(F)F)ccn2)CC1. The summed E-state index contributed by atoms with van der Waals surface area (Å²) >= 11 is 0. The van der Waals surface area contributed by atoms with Crippen LogP contribution in [0.25, 0.3) is 0 Å². The Kier molecular flexibility index (Phi) is 6.95. The van der Waals surface area contributed by atoms with Crippen molar-refractivity contribution in [3.05, 3.63) is 53.5 Å². The molecule has 0 radical (unpaired) electrons. The van der Waals surface area contributed by atoms with Crippen LogP contribution in [-0.2, 0) is 6.18 Å². The Labute approximate surface area is 174 Å². The Morgan fingerprint density at radius 2 is 1.93 bits per heavy atom. The summed E-state index contributed by atoms with van der Waals surface area (Å²) in [7, 11) is 1.51. The van der Waals surface area contributed by atoms with Gasteiger partial charge in [0, 0.05) is 36.1 Å². The van der Waals surface area contributed by atoms with Crippen LogP contribution in [0.1, 0.15) is 66.6 Å². The van der Waals surface area contributed by atoms with Crippen molar-refractivity contribution in [2.75, 3.05) is 7.11 Å². The van der Waals surface area contributed by atoms with Gasteiger partial charge in [-0.25, -0.2) is 4.98 Å². The van der Waals surface area contributed by atoms with E-state index in [2.05, 4.69) is 15.3 Å². The zero-order chi connectivity index (χ0) is 21.7. The van der Waals surface area contributed by atoms with Gasteiger partial charge < -0.3 is 10.1 Å². The Hall–Kier alpha value is -2.64. The maximum absolute atomic E-state index is 13.0. The number of methoxy groups -OCH3 is 1. The number of nitrogens with one attached hydrogen (secondary N) is 1. The molecule has 0 aliphatic heterocycles. The van der Waals surface area contributed by atoms with Crippen LogP contribution < -0.4 is 10.1 Å². The van der Waals surface area contributed by atoms with Gasteiger partial charge in [0.25, 0.3) is 5.91 Å². The molecule has 1 amide bonds. The van der Waals surface area contributed by atoms with Crippen LogP contribution in [0, 0.1) is 5.92 Å². The molecule has 0 saturated heterocycles. The largest absolute Gasteiger partial charge is 0.481 e. The summed E-state index contributed by atoms with van der Waals surface area (Å²) in [5.74, 6) is 0.563. The first kappa shape index (κ1) is 22.1. The Bertz CT molecular complexity index is 847. The molecule has 0 bridgehead atoms. The third kappa shape index (κ3) is 5.29. The quantitative estimate of drug-likeness (QED) is 0.714. The molecule has 0 spiro atoms.